The lowest BCUT2D eigenvalue weighted by Crippen LogP contribution is -2.21. The molecule has 1 aromatic heterocycles. The van der Waals surface area contributed by atoms with Gasteiger partial charge < -0.3 is 10.6 Å². The van der Waals surface area contributed by atoms with E-state index in [4.69, 9.17) is 5.73 Å². The molecule has 0 spiro atoms. The van der Waals surface area contributed by atoms with Gasteiger partial charge in [-0.3, -0.25) is 4.98 Å². The van der Waals surface area contributed by atoms with E-state index in [1.54, 1.807) is 12.4 Å². The van der Waals surface area contributed by atoms with Gasteiger partial charge in [0.15, 0.2) is 0 Å². The highest BCUT2D eigenvalue weighted by Crippen LogP contribution is 2.28. The summed E-state index contributed by atoms with van der Waals surface area (Å²) >= 11 is 0. The van der Waals surface area contributed by atoms with Crippen LogP contribution in [-0.2, 0) is 6.54 Å². The minimum atomic E-state index is 0.459. The zero-order valence-electron chi connectivity index (χ0n) is 7.77. The van der Waals surface area contributed by atoms with E-state index in [1.807, 2.05) is 0 Å². The van der Waals surface area contributed by atoms with Gasteiger partial charge in [-0.1, -0.05) is 0 Å². The Morgan fingerprint density at radius 3 is 2.69 bits per heavy atom. The maximum absolute atomic E-state index is 5.43. The molecule has 13 heavy (non-hydrogen) atoms. The van der Waals surface area contributed by atoms with E-state index in [1.165, 1.54) is 12.8 Å². The lowest BCUT2D eigenvalue weighted by atomic mass is 10.4. The zero-order valence-corrected chi connectivity index (χ0v) is 7.77. The fraction of sp³-hybridized carbons (Fsp3) is 0.556. The van der Waals surface area contributed by atoms with Crippen molar-refractivity contribution in [2.24, 2.45) is 5.73 Å². The summed E-state index contributed by atoms with van der Waals surface area (Å²) in [5.74, 6) is 0.944. The van der Waals surface area contributed by atoms with Crippen molar-refractivity contribution in [1.82, 2.24) is 9.97 Å². The van der Waals surface area contributed by atoms with Crippen molar-refractivity contribution < 1.29 is 0 Å². The molecule has 70 valence electrons. The highest BCUT2D eigenvalue weighted by Gasteiger charge is 2.27. The fourth-order valence-electron chi connectivity index (χ4n) is 1.28. The Morgan fingerprint density at radius 1 is 1.46 bits per heavy atom. The number of hydrogen-bond donors (Lipinski definition) is 1. The maximum atomic E-state index is 5.43. The molecule has 0 aromatic carbocycles. The SMILES string of the molecule is CN(c1cnc(CN)cn1)C1CC1. The number of anilines is 1. The second-order valence-corrected chi connectivity index (χ2v) is 3.41. The van der Waals surface area contributed by atoms with Crippen molar-refractivity contribution >= 4 is 5.82 Å². The molecule has 0 amide bonds. The largest absolute Gasteiger partial charge is 0.355 e. The van der Waals surface area contributed by atoms with Crippen LogP contribution in [0.25, 0.3) is 0 Å². The van der Waals surface area contributed by atoms with Gasteiger partial charge in [-0.15, -0.1) is 0 Å². The first-order valence-corrected chi connectivity index (χ1v) is 4.55. The predicted octanol–water partition coefficient (Wildman–Crippen LogP) is 0.534. The Balaban J connectivity index is 2.11. The zero-order chi connectivity index (χ0) is 9.26. The van der Waals surface area contributed by atoms with Gasteiger partial charge in [0, 0.05) is 19.6 Å². The standard InChI is InChI=1S/C9H14N4/c1-13(8-2-3-8)9-6-11-7(4-10)5-12-9/h5-6,8H,2-4,10H2,1H3. The summed E-state index contributed by atoms with van der Waals surface area (Å²) in [5, 5.41) is 0. The van der Waals surface area contributed by atoms with Crippen LogP contribution in [0.15, 0.2) is 12.4 Å². The van der Waals surface area contributed by atoms with Gasteiger partial charge in [0.05, 0.1) is 18.1 Å². The minimum absolute atomic E-state index is 0.459. The molecule has 2 rings (SSSR count). The molecule has 2 N–H and O–H groups in total. The molecule has 4 heteroatoms. The third-order valence-corrected chi connectivity index (χ3v) is 2.36. The van der Waals surface area contributed by atoms with Crippen molar-refractivity contribution in [3.63, 3.8) is 0 Å². The number of nitrogens with two attached hydrogens (primary N) is 1. The average Bonchev–Trinajstić information content (AvgIpc) is 3.00. The summed E-state index contributed by atoms with van der Waals surface area (Å²) < 4.78 is 0. The summed E-state index contributed by atoms with van der Waals surface area (Å²) in [5.41, 5.74) is 6.27. The average molecular weight is 178 g/mol. The van der Waals surface area contributed by atoms with Crippen LogP contribution in [0.3, 0.4) is 0 Å². The minimum Gasteiger partial charge on any atom is -0.355 e. The third kappa shape index (κ3) is 1.78. The van der Waals surface area contributed by atoms with Crippen LogP contribution in [0.1, 0.15) is 18.5 Å². The van der Waals surface area contributed by atoms with Crippen molar-refractivity contribution in [3.05, 3.63) is 18.1 Å². The molecule has 1 saturated carbocycles. The van der Waals surface area contributed by atoms with Gasteiger partial charge in [-0.25, -0.2) is 4.98 Å². The summed E-state index contributed by atoms with van der Waals surface area (Å²) in [6, 6.07) is 0.679. The lowest BCUT2D eigenvalue weighted by Gasteiger charge is -2.16. The molecule has 0 atom stereocenters. The third-order valence-electron chi connectivity index (χ3n) is 2.36. The summed E-state index contributed by atoms with van der Waals surface area (Å²) in [6.07, 6.45) is 6.09. The monoisotopic (exact) mass is 178 g/mol. The quantitative estimate of drug-likeness (QED) is 0.733. The van der Waals surface area contributed by atoms with Crippen LogP contribution in [0.5, 0.6) is 0 Å². The van der Waals surface area contributed by atoms with E-state index in [2.05, 4.69) is 21.9 Å². The first-order chi connectivity index (χ1) is 6.31. The van der Waals surface area contributed by atoms with E-state index in [0.717, 1.165) is 11.5 Å². The van der Waals surface area contributed by atoms with Gasteiger partial charge in [-0.05, 0) is 12.8 Å². The van der Waals surface area contributed by atoms with Gasteiger partial charge in [0.1, 0.15) is 5.82 Å². The maximum Gasteiger partial charge on any atom is 0.147 e. The molecule has 4 nitrogen and oxygen atoms in total. The van der Waals surface area contributed by atoms with Crippen LogP contribution in [0.4, 0.5) is 5.82 Å². The number of rotatable bonds is 3. The Bertz CT molecular complexity index is 278. The van der Waals surface area contributed by atoms with Gasteiger partial charge in [0.2, 0.25) is 0 Å². The molecule has 0 bridgehead atoms. The summed E-state index contributed by atoms with van der Waals surface area (Å²) in [6.45, 7) is 0.459. The molecule has 0 unspecified atom stereocenters. The second kappa shape index (κ2) is 3.30. The molecular weight excluding hydrogens is 164 g/mol. The van der Waals surface area contributed by atoms with E-state index >= 15 is 0 Å². The Labute approximate surface area is 77.8 Å². The van der Waals surface area contributed by atoms with Crippen molar-refractivity contribution in [2.45, 2.75) is 25.4 Å². The molecule has 0 aliphatic heterocycles. The van der Waals surface area contributed by atoms with Crippen LogP contribution in [-0.4, -0.2) is 23.1 Å². The highest BCUT2D eigenvalue weighted by molar-refractivity contribution is 5.37. The normalized spacial score (nSPS) is 15.8. The molecule has 1 aromatic rings. The van der Waals surface area contributed by atoms with Crippen molar-refractivity contribution in [3.8, 4) is 0 Å². The molecule has 0 saturated heterocycles. The predicted molar refractivity (Wildman–Crippen MR) is 51.3 cm³/mol. The number of nitrogens with zero attached hydrogens (tertiary/aromatic N) is 3. The summed E-state index contributed by atoms with van der Waals surface area (Å²) in [7, 11) is 2.06. The first-order valence-electron chi connectivity index (χ1n) is 4.55. The summed E-state index contributed by atoms with van der Waals surface area (Å²) in [4.78, 5) is 10.7. The number of aromatic nitrogens is 2. The molecule has 1 fully saturated rings. The molecular formula is C9H14N4. The smallest absolute Gasteiger partial charge is 0.147 e. The molecule has 1 aliphatic carbocycles. The van der Waals surface area contributed by atoms with Gasteiger partial charge >= 0.3 is 0 Å². The van der Waals surface area contributed by atoms with Crippen molar-refractivity contribution in [1.29, 1.82) is 0 Å². The Kier molecular flexibility index (Phi) is 2.14. The molecule has 1 aliphatic rings. The van der Waals surface area contributed by atoms with Crippen LogP contribution in [0, 0.1) is 0 Å². The van der Waals surface area contributed by atoms with Crippen LogP contribution < -0.4 is 10.6 Å². The van der Waals surface area contributed by atoms with Gasteiger partial charge in [0.25, 0.3) is 0 Å². The lowest BCUT2D eigenvalue weighted by molar-refractivity contribution is 0.869. The fourth-order valence-corrected chi connectivity index (χ4v) is 1.28. The van der Waals surface area contributed by atoms with E-state index < -0.39 is 0 Å². The Morgan fingerprint density at radius 2 is 2.23 bits per heavy atom. The second-order valence-electron chi connectivity index (χ2n) is 3.41. The first kappa shape index (κ1) is 8.44. The van der Waals surface area contributed by atoms with Crippen LogP contribution >= 0.6 is 0 Å². The molecule has 0 radical (unpaired) electrons. The van der Waals surface area contributed by atoms with E-state index in [-0.39, 0.29) is 0 Å². The topological polar surface area (TPSA) is 55.0 Å². The van der Waals surface area contributed by atoms with Crippen LogP contribution in [0.2, 0.25) is 0 Å². The molecule has 1 heterocycles. The van der Waals surface area contributed by atoms with Crippen molar-refractivity contribution in [2.75, 3.05) is 11.9 Å². The van der Waals surface area contributed by atoms with E-state index in [0.29, 0.717) is 12.6 Å². The Hall–Kier alpha value is -1.16. The highest BCUT2D eigenvalue weighted by atomic mass is 15.2. The van der Waals surface area contributed by atoms with Gasteiger partial charge in [-0.2, -0.15) is 0 Å². The van der Waals surface area contributed by atoms with E-state index in [9.17, 15) is 0 Å². The number of hydrogen-bond acceptors (Lipinski definition) is 4.